The number of hydrogen-bond acceptors (Lipinski definition) is 3. The number of benzene rings is 1. The van der Waals surface area contributed by atoms with Crippen LogP contribution < -0.4 is 5.32 Å². The van der Waals surface area contributed by atoms with Crippen LogP contribution in [-0.2, 0) is 6.54 Å². The van der Waals surface area contributed by atoms with Crippen LogP contribution in [-0.4, -0.2) is 27.2 Å². The molecule has 0 fully saturated rings. The molecule has 1 heterocycles. The predicted octanol–water partition coefficient (Wildman–Crippen LogP) is 2.35. The van der Waals surface area contributed by atoms with Crippen LogP contribution in [0.3, 0.4) is 0 Å². The van der Waals surface area contributed by atoms with Crippen LogP contribution in [0.25, 0.3) is 0 Å². The highest BCUT2D eigenvalue weighted by atomic mass is 35.5. The number of aromatic carboxylic acids is 1. The van der Waals surface area contributed by atoms with Crippen LogP contribution in [0.2, 0.25) is 5.02 Å². The average Bonchev–Trinajstić information content (AvgIpc) is 2.84. The summed E-state index contributed by atoms with van der Waals surface area (Å²) in [7, 11) is 0. The summed E-state index contributed by atoms with van der Waals surface area (Å²) in [6.07, 6.45) is 5.32. The van der Waals surface area contributed by atoms with Crippen molar-refractivity contribution in [2.45, 2.75) is 6.54 Å². The number of carbonyl (C=O) groups is 1. The molecule has 0 aliphatic heterocycles. The summed E-state index contributed by atoms with van der Waals surface area (Å²) < 4.78 is 1.94. The van der Waals surface area contributed by atoms with E-state index in [4.69, 9.17) is 16.7 Å². The monoisotopic (exact) mass is 265 g/mol. The van der Waals surface area contributed by atoms with Crippen molar-refractivity contribution < 1.29 is 9.90 Å². The van der Waals surface area contributed by atoms with Crippen LogP contribution in [0.4, 0.5) is 5.69 Å². The predicted molar refractivity (Wildman–Crippen MR) is 69.1 cm³/mol. The standard InChI is InChI=1S/C12H12ClN3O2/c13-10-7-9(12(17)18)1-2-11(10)15-4-6-16-5-3-14-8-16/h1-3,5,7-8,15H,4,6H2,(H,17,18). The molecule has 18 heavy (non-hydrogen) atoms. The third kappa shape index (κ3) is 3.01. The van der Waals surface area contributed by atoms with E-state index in [1.165, 1.54) is 12.1 Å². The van der Waals surface area contributed by atoms with Crippen LogP contribution in [0.15, 0.2) is 36.9 Å². The minimum absolute atomic E-state index is 0.181. The summed E-state index contributed by atoms with van der Waals surface area (Å²) in [5.41, 5.74) is 0.905. The molecule has 0 radical (unpaired) electrons. The molecule has 0 bridgehead atoms. The van der Waals surface area contributed by atoms with Crippen molar-refractivity contribution in [3.63, 3.8) is 0 Å². The second-order valence-electron chi connectivity index (χ2n) is 3.73. The second-order valence-corrected chi connectivity index (χ2v) is 4.13. The Kier molecular flexibility index (Phi) is 3.84. The molecular weight excluding hydrogens is 254 g/mol. The van der Waals surface area contributed by atoms with Gasteiger partial charge in [-0.25, -0.2) is 9.78 Å². The number of anilines is 1. The van der Waals surface area contributed by atoms with Gasteiger partial charge in [-0.15, -0.1) is 0 Å². The zero-order chi connectivity index (χ0) is 13.0. The lowest BCUT2D eigenvalue weighted by atomic mass is 10.2. The summed E-state index contributed by atoms with van der Waals surface area (Å²) in [4.78, 5) is 14.7. The first-order valence-electron chi connectivity index (χ1n) is 5.39. The summed E-state index contributed by atoms with van der Waals surface area (Å²) in [6, 6.07) is 4.62. The van der Waals surface area contributed by atoms with Gasteiger partial charge in [0.15, 0.2) is 0 Å². The maximum absolute atomic E-state index is 10.7. The van der Waals surface area contributed by atoms with Crippen LogP contribution >= 0.6 is 11.6 Å². The fraction of sp³-hybridized carbons (Fsp3) is 0.167. The number of imidazole rings is 1. The van der Waals surface area contributed by atoms with Crippen molar-refractivity contribution in [3.8, 4) is 0 Å². The Bertz CT molecular complexity index is 540. The molecular formula is C12H12ClN3O2. The van der Waals surface area contributed by atoms with Crippen LogP contribution in [0.1, 0.15) is 10.4 Å². The van der Waals surface area contributed by atoms with E-state index in [0.29, 0.717) is 11.6 Å². The molecule has 2 rings (SSSR count). The van der Waals surface area contributed by atoms with Crippen molar-refractivity contribution in [2.24, 2.45) is 0 Å². The molecule has 0 unspecified atom stereocenters. The van der Waals surface area contributed by atoms with Crippen molar-refractivity contribution in [3.05, 3.63) is 47.5 Å². The smallest absolute Gasteiger partial charge is 0.335 e. The van der Waals surface area contributed by atoms with E-state index in [0.717, 1.165) is 12.2 Å². The van der Waals surface area contributed by atoms with Crippen LogP contribution in [0, 0.1) is 0 Å². The van der Waals surface area contributed by atoms with Gasteiger partial charge in [0.2, 0.25) is 0 Å². The van der Waals surface area contributed by atoms with Gasteiger partial charge in [-0.05, 0) is 18.2 Å². The molecule has 0 aliphatic carbocycles. The highest BCUT2D eigenvalue weighted by Crippen LogP contribution is 2.22. The van der Waals surface area contributed by atoms with E-state index in [1.807, 2.05) is 10.8 Å². The average molecular weight is 266 g/mol. The molecule has 1 aromatic heterocycles. The molecule has 0 saturated carbocycles. The van der Waals surface area contributed by atoms with E-state index >= 15 is 0 Å². The Hall–Kier alpha value is -2.01. The normalized spacial score (nSPS) is 10.3. The molecule has 2 N–H and O–H groups in total. The minimum atomic E-state index is -0.984. The zero-order valence-corrected chi connectivity index (χ0v) is 10.3. The highest BCUT2D eigenvalue weighted by molar-refractivity contribution is 6.33. The number of nitrogens with one attached hydrogen (secondary N) is 1. The number of carboxylic acid groups (broad SMARTS) is 1. The molecule has 6 heteroatoms. The Labute approximate surface area is 109 Å². The Morgan fingerprint density at radius 1 is 1.50 bits per heavy atom. The van der Waals surface area contributed by atoms with E-state index in [9.17, 15) is 4.79 Å². The summed E-state index contributed by atoms with van der Waals surface area (Å²) >= 11 is 5.99. The number of aromatic nitrogens is 2. The molecule has 0 aliphatic rings. The fourth-order valence-corrected chi connectivity index (χ4v) is 1.78. The third-order valence-corrected chi connectivity index (χ3v) is 2.77. The largest absolute Gasteiger partial charge is 0.478 e. The SMILES string of the molecule is O=C(O)c1ccc(NCCn2ccnc2)c(Cl)c1. The quantitative estimate of drug-likeness (QED) is 0.871. The summed E-state index contributed by atoms with van der Waals surface area (Å²) in [5, 5.41) is 12.4. The van der Waals surface area contributed by atoms with Gasteiger partial charge in [0.05, 0.1) is 22.6 Å². The molecule has 0 atom stereocenters. The lowest BCUT2D eigenvalue weighted by Gasteiger charge is -2.09. The van der Waals surface area contributed by atoms with Gasteiger partial charge in [0.1, 0.15) is 0 Å². The lowest BCUT2D eigenvalue weighted by Crippen LogP contribution is -2.09. The lowest BCUT2D eigenvalue weighted by molar-refractivity contribution is 0.0697. The van der Waals surface area contributed by atoms with Crippen molar-refractivity contribution in [2.75, 3.05) is 11.9 Å². The third-order valence-electron chi connectivity index (χ3n) is 2.46. The maximum Gasteiger partial charge on any atom is 0.335 e. The number of carboxylic acids is 1. The first-order valence-corrected chi connectivity index (χ1v) is 5.77. The minimum Gasteiger partial charge on any atom is -0.478 e. The number of rotatable bonds is 5. The van der Waals surface area contributed by atoms with Crippen molar-refractivity contribution in [1.29, 1.82) is 0 Å². The molecule has 0 spiro atoms. The molecule has 5 nitrogen and oxygen atoms in total. The van der Waals surface area contributed by atoms with Crippen molar-refractivity contribution >= 4 is 23.3 Å². The molecule has 1 aromatic carbocycles. The zero-order valence-electron chi connectivity index (χ0n) is 9.51. The maximum atomic E-state index is 10.7. The van der Waals surface area contributed by atoms with Gasteiger partial charge in [-0.3, -0.25) is 0 Å². The molecule has 94 valence electrons. The van der Waals surface area contributed by atoms with E-state index in [2.05, 4.69) is 10.3 Å². The Morgan fingerprint density at radius 3 is 2.94 bits per heavy atom. The Balaban J connectivity index is 1.95. The van der Waals surface area contributed by atoms with Gasteiger partial charge in [0, 0.05) is 25.5 Å². The van der Waals surface area contributed by atoms with E-state index in [1.54, 1.807) is 18.6 Å². The highest BCUT2D eigenvalue weighted by Gasteiger charge is 2.06. The van der Waals surface area contributed by atoms with Gasteiger partial charge in [-0.2, -0.15) is 0 Å². The molecule has 2 aromatic rings. The second kappa shape index (κ2) is 5.55. The Morgan fingerprint density at radius 2 is 2.33 bits per heavy atom. The first kappa shape index (κ1) is 12.4. The van der Waals surface area contributed by atoms with Gasteiger partial charge >= 0.3 is 5.97 Å². The summed E-state index contributed by atoms with van der Waals surface area (Å²) in [6.45, 7) is 1.44. The topological polar surface area (TPSA) is 67.2 Å². The van der Waals surface area contributed by atoms with Crippen molar-refractivity contribution in [1.82, 2.24) is 9.55 Å². The fourth-order valence-electron chi connectivity index (χ4n) is 1.53. The van der Waals surface area contributed by atoms with E-state index < -0.39 is 5.97 Å². The van der Waals surface area contributed by atoms with Gasteiger partial charge < -0.3 is 15.0 Å². The summed E-state index contributed by atoms with van der Waals surface area (Å²) in [5.74, 6) is -0.984. The first-order chi connectivity index (χ1) is 8.66. The van der Waals surface area contributed by atoms with Gasteiger partial charge in [-0.1, -0.05) is 11.6 Å². The number of nitrogens with zero attached hydrogens (tertiary/aromatic N) is 2. The van der Waals surface area contributed by atoms with E-state index in [-0.39, 0.29) is 5.56 Å². The number of halogens is 1. The van der Waals surface area contributed by atoms with Gasteiger partial charge in [0.25, 0.3) is 0 Å². The molecule has 0 amide bonds. The molecule has 0 saturated heterocycles. The van der Waals surface area contributed by atoms with Crippen LogP contribution in [0.5, 0.6) is 0 Å². The number of hydrogen-bond donors (Lipinski definition) is 2.